The van der Waals surface area contributed by atoms with Crippen LogP contribution in [0.3, 0.4) is 0 Å². The van der Waals surface area contributed by atoms with E-state index >= 15 is 0 Å². The van der Waals surface area contributed by atoms with Gasteiger partial charge in [-0.1, -0.05) is 151 Å². The maximum Gasteiger partial charge on any atom is 0.136 e. The average Bonchev–Trinajstić information content (AvgIpc) is 3.81. The van der Waals surface area contributed by atoms with Gasteiger partial charge in [-0.25, -0.2) is 0 Å². The van der Waals surface area contributed by atoms with Gasteiger partial charge in [-0.3, -0.25) is 0 Å². The molecule has 0 aliphatic heterocycles. The van der Waals surface area contributed by atoms with Crippen molar-refractivity contribution in [3.05, 3.63) is 181 Å². The second kappa shape index (κ2) is 11.1. The standard InChI is InChI=1S/C48H30O/c1-3-13-31(14-4-1)37-25-23-35(28-42(37)32-15-5-2-6-16-32)47-38-19-9-11-21-40(38)48(41-22-12-10-20-39(41)47)36-24-26-45-43(29-36)44-27-33-17-7-8-18-34(33)30-46(44)49-45/h1-30H/i1D,2D,3D,4D,5D,6D,7D,8D,9D,10D,11D,12D,13D,14D,15D,17D,18D,19D,20D,21D,22D,23D,24D,25D,26D,27D,28D,29D,30D. The minimum absolute atomic E-state index is 0.461. The van der Waals surface area contributed by atoms with Gasteiger partial charge in [-0.2, -0.15) is 0 Å². The SMILES string of the molecule is [2H]c1cc(-c2c([2H])c(-c3c4c([2H])c([2H])c([2H])c([2H])c4c(-c4c([2H])c([2H])c5oc6c([2H])c7c([2H])c([2H])c([2H])c([2H])c7c([2H])c6c5c4[2H])c4c([2H])c([2H])c([2H])c([2H])c34)c([2H])c([2H])c2-c2c([2H])c([2H])c([2H])c([2H])c2[2H])c([2H])c([2H])c1[2H]. The van der Waals surface area contributed by atoms with E-state index < -0.39 is 274 Å². The molecular formula is C48H30O. The summed E-state index contributed by atoms with van der Waals surface area (Å²) in [7, 11) is 0. The zero-order valence-electron chi connectivity index (χ0n) is 53.5. The highest BCUT2D eigenvalue weighted by molar-refractivity contribution is 6.22. The maximum atomic E-state index is 10.1. The van der Waals surface area contributed by atoms with Gasteiger partial charge in [-0.05, 0) is 107 Å². The predicted octanol–water partition coefficient (Wildman–Crippen LogP) is 13.7. The lowest BCUT2D eigenvalue weighted by Crippen LogP contribution is -1.92. The normalized spacial score (nSPS) is 20.0. The molecule has 0 saturated heterocycles. The highest BCUT2D eigenvalue weighted by Crippen LogP contribution is 2.46. The summed E-state index contributed by atoms with van der Waals surface area (Å²) in [6.45, 7) is 0. The zero-order chi connectivity index (χ0) is 57.5. The van der Waals surface area contributed by atoms with E-state index in [1.165, 1.54) is 0 Å². The van der Waals surface area contributed by atoms with Crippen molar-refractivity contribution in [2.45, 2.75) is 0 Å². The molecule has 0 spiro atoms. The number of benzene rings is 9. The molecule has 0 aliphatic carbocycles. The molecule has 1 heterocycles. The van der Waals surface area contributed by atoms with E-state index in [9.17, 15) is 15.1 Å². The first-order valence-corrected chi connectivity index (χ1v) is 14.5. The van der Waals surface area contributed by atoms with Crippen LogP contribution in [0.4, 0.5) is 0 Å². The average molecular weight is 652 g/mol. The van der Waals surface area contributed by atoms with Gasteiger partial charge in [0, 0.05) is 10.8 Å². The van der Waals surface area contributed by atoms with Crippen LogP contribution in [-0.2, 0) is 0 Å². The predicted molar refractivity (Wildman–Crippen MR) is 208 cm³/mol. The molecule has 1 aromatic heterocycles. The third kappa shape index (κ3) is 4.47. The van der Waals surface area contributed by atoms with Crippen molar-refractivity contribution >= 4 is 54.3 Å². The van der Waals surface area contributed by atoms with Crippen LogP contribution in [0.15, 0.2) is 186 Å². The van der Waals surface area contributed by atoms with Gasteiger partial charge in [0.05, 0.1) is 39.8 Å². The Morgan fingerprint density at radius 3 is 1.55 bits per heavy atom. The fourth-order valence-corrected chi connectivity index (χ4v) is 5.82. The first kappa shape index (κ1) is 11.3. The third-order valence-corrected chi connectivity index (χ3v) is 7.89. The number of hydrogen-bond acceptors (Lipinski definition) is 1. The highest BCUT2D eigenvalue weighted by atomic mass is 16.3. The Hall–Kier alpha value is -6.44. The van der Waals surface area contributed by atoms with Gasteiger partial charge in [0.25, 0.3) is 0 Å². The van der Waals surface area contributed by atoms with Crippen LogP contribution in [-0.4, -0.2) is 0 Å². The summed E-state index contributed by atoms with van der Waals surface area (Å²) >= 11 is 0. The molecule has 0 radical (unpaired) electrons. The van der Waals surface area contributed by atoms with Gasteiger partial charge < -0.3 is 4.42 Å². The van der Waals surface area contributed by atoms with Crippen molar-refractivity contribution in [1.29, 1.82) is 0 Å². The molecule has 1 nitrogen and oxygen atoms in total. The molecule has 49 heavy (non-hydrogen) atoms. The molecule has 0 fully saturated rings. The van der Waals surface area contributed by atoms with Crippen LogP contribution in [0.5, 0.6) is 0 Å². The zero-order valence-corrected chi connectivity index (χ0v) is 24.5. The van der Waals surface area contributed by atoms with E-state index in [0.717, 1.165) is 6.07 Å². The largest absolute Gasteiger partial charge is 0.456 e. The fraction of sp³-hybridized carbons (Fsp3) is 0. The highest BCUT2D eigenvalue weighted by Gasteiger charge is 2.19. The van der Waals surface area contributed by atoms with Crippen LogP contribution in [0.25, 0.3) is 98.8 Å². The second-order valence-corrected chi connectivity index (χ2v) is 10.6. The molecule has 0 saturated carbocycles. The molecule has 0 aliphatic rings. The molecule has 0 bridgehead atoms. The van der Waals surface area contributed by atoms with Gasteiger partial charge in [-0.15, -0.1) is 0 Å². The molecule has 228 valence electrons. The quantitative estimate of drug-likeness (QED) is 0.173. The monoisotopic (exact) mass is 651 g/mol. The summed E-state index contributed by atoms with van der Waals surface area (Å²) in [5, 5.41) is -5.14. The lowest BCUT2D eigenvalue weighted by atomic mass is 9.84. The van der Waals surface area contributed by atoms with Gasteiger partial charge in [0.15, 0.2) is 0 Å². The minimum atomic E-state index is -1.14. The summed E-state index contributed by atoms with van der Waals surface area (Å²) in [4.78, 5) is 0. The molecular weight excluding hydrogens is 593 g/mol. The number of hydrogen-bond donors (Lipinski definition) is 0. The van der Waals surface area contributed by atoms with Crippen molar-refractivity contribution in [2.24, 2.45) is 0 Å². The molecule has 9 aromatic carbocycles. The third-order valence-electron chi connectivity index (χ3n) is 7.89. The maximum absolute atomic E-state index is 10.1. The lowest BCUT2D eigenvalue weighted by Gasteiger charge is -2.19. The first-order valence-electron chi connectivity index (χ1n) is 29.0. The van der Waals surface area contributed by atoms with Crippen LogP contribution in [0.1, 0.15) is 39.8 Å². The van der Waals surface area contributed by atoms with E-state index in [4.69, 9.17) is 29.1 Å². The summed E-state index contributed by atoms with van der Waals surface area (Å²) < 4.78 is 268. The van der Waals surface area contributed by atoms with Crippen molar-refractivity contribution in [2.75, 3.05) is 0 Å². The Kier molecular flexibility index (Phi) is 2.56. The van der Waals surface area contributed by atoms with E-state index in [0.29, 0.717) is 0 Å². The molecule has 0 unspecified atom stereocenters. The molecule has 1 heteroatoms. The Bertz CT molecular complexity index is 4430. The Labute approximate surface area is 325 Å². The number of furan rings is 1. The first-order chi connectivity index (χ1) is 36.4. The minimum Gasteiger partial charge on any atom is -0.456 e. The summed E-state index contributed by atoms with van der Waals surface area (Å²) in [6, 6.07) is -26.2. The van der Waals surface area contributed by atoms with E-state index in [1.54, 1.807) is 0 Å². The van der Waals surface area contributed by atoms with E-state index in [2.05, 4.69) is 0 Å². The fourth-order valence-electron chi connectivity index (χ4n) is 5.82. The molecule has 0 N–H and O–H groups in total. The summed E-state index contributed by atoms with van der Waals surface area (Å²) in [6.07, 6.45) is 0. The molecule has 10 rings (SSSR count). The molecule has 10 aromatic rings. The Morgan fingerprint density at radius 1 is 0.327 bits per heavy atom. The van der Waals surface area contributed by atoms with Crippen LogP contribution in [0, 0.1) is 0 Å². The molecule has 0 amide bonds. The van der Waals surface area contributed by atoms with Crippen LogP contribution < -0.4 is 0 Å². The second-order valence-electron chi connectivity index (χ2n) is 10.6. The Balaban J connectivity index is 1.51. The van der Waals surface area contributed by atoms with Crippen molar-refractivity contribution < 1.29 is 44.2 Å². The van der Waals surface area contributed by atoms with Gasteiger partial charge in [0.1, 0.15) is 11.2 Å². The number of rotatable bonds is 4. The van der Waals surface area contributed by atoms with Crippen molar-refractivity contribution in [3.8, 4) is 44.5 Å². The molecule has 0 atom stereocenters. The summed E-state index contributed by atoms with van der Waals surface area (Å²) in [5.41, 5.74) is -7.53. The van der Waals surface area contributed by atoms with E-state index in [1.807, 2.05) is 0 Å². The van der Waals surface area contributed by atoms with Crippen molar-refractivity contribution in [3.63, 3.8) is 0 Å². The van der Waals surface area contributed by atoms with Crippen LogP contribution >= 0.6 is 0 Å². The smallest absolute Gasteiger partial charge is 0.136 e. The van der Waals surface area contributed by atoms with E-state index in [-0.39, 0.29) is 0 Å². The van der Waals surface area contributed by atoms with Crippen molar-refractivity contribution in [1.82, 2.24) is 0 Å². The van der Waals surface area contributed by atoms with Crippen LogP contribution in [0.2, 0.25) is 0 Å². The lowest BCUT2D eigenvalue weighted by molar-refractivity contribution is 0.669. The summed E-state index contributed by atoms with van der Waals surface area (Å²) in [5.74, 6) is 0. The number of fused-ring (bicyclic) bond motifs is 6. The van der Waals surface area contributed by atoms with Gasteiger partial charge in [0.2, 0.25) is 0 Å². The topological polar surface area (TPSA) is 13.1 Å². The van der Waals surface area contributed by atoms with Gasteiger partial charge >= 0.3 is 0 Å². The Morgan fingerprint density at radius 2 is 0.857 bits per heavy atom.